The number of anilines is 1. The van der Waals surface area contributed by atoms with Crippen LogP contribution >= 0.6 is 0 Å². The molecule has 2 aliphatic rings. The molecule has 1 spiro atoms. The topological polar surface area (TPSA) is 62.4 Å². The maximum atomic E-state index is 10.3. The average Bonchev–Trinajstić information content (AvgIpc) is 3.00. The van der Waals surface area contributed by atoms with Crippen molar-refractivity contribution in [1.82, 2.24) is 10.2 Å². The zero-order chi connectivity index (χ0) is 13.3. The van der Waals surface area contributed by atoms with Crippen LogP contribution in [-0.4, -0.2) is 34.5 Å². The van der Waals surface area contributed by atoms with Crippen LogP contribution < -0.4 is 4.90 Å². The molecular weight excluding hydrogens is 242 g/mol. The van der Waals surface area contributed by atoms with Gasteiger partial charge in [-0.15, -0.1) is 5.10 Å². The van der Waals surface area contributed by atoms with E-state index in [1.54, 1.807) is 0 Å². The quantitative estimate of drug-likeness (QED) is 0.907. The van der Waals surface area contributed by atoms with Crippen LogP contribution in [0.15, 0.2) is 4.42 Å². The van der Waals surface area contributed by atoms with Crippen LogP contribution in [0.5, 0.6) is 0 Å². The summed E-state index contributed by atoms with van der Waals surface area (Å²) in [5.41, 5.74) is 0.0671. The van der Waals surface area contributed by atoms with E-state index in [1.165, 1.54) is 0 Å². The lowest BCUT2D eigenvalue weighted by Gasteiger charge is -2.41. The van der Waals surface area contributed by atoms with Crippen molar-refractivity contribution in [1.29, 1.82) is 0 Å². The Morgan fingerprint density at radius 2 is 2.21 bits per heavy atom. The van der Waals surface area contributed by atoms with Gasteiger partial charge in [0.2, 0.25) is 5.89 Å². The Kier molecular flexibility index (Phi) is 3.48. The summed E-state index contributed by atoms with van der Waals surface area (Å²) in [6, 6.07) is 0.640. The van der Waals surface area contributed by atoms with Crippen molar-refractivity contribution in [3.05, 3.63) is 5.89 Å². The second-order valence-corrected chi connectivity index (χ2v) is 6.02. The van der Waals surface area contributed by atoms with Gasteiger partial charge in [-0.2, -0.15) is 0 Å². The van der Waals surface area contributed by atoms with Gasteiger partial charge in [0.15, 0.2) is 0 Å². The summed E-state index contributed by atoms with van der Waals surface area (Å²) in [5.74, 6) is 0.726. The molecule has 0 amide bonds. The summed E-state index contributed by atoms with van der Waals surface area (Å²) >= 11 is 0. The number of hydrogen-bond donors (Lipinski definition) is 1. The van der Waals surface area contributed by atoms with Gasteiger partial charge in [-0.3, -0.25) is 0 Å². The van der Waals surface area contributed by atoms with Crippen molar-refractivity contribution in [3.8, 4) is 0 Å². The standard InChI is InChI=1S/C14H23N3O2/c1-2-5-12-15-16-13(19-12)17-9-4-8-14(10-17)7-3-6-11(14)18/h11,18H,2-10H2,1H3/t11-,14-/m1/s1. The van der Waals surface area contributed by atoms with Gasteiger partial charge in [-0.25, -0.2) is 0 Å². The number of hydrogen-bond acceptors (Lipinski definition) is 5. The van der Waals surface area contributed by atoms with Crippen molar-refractivity contribution in [2.45, 2.75) is 58.0 Å². The second-order valence-electron chi connectivity index (χ2n) is 6.02. The normalized spacial score (nSPS) is 31.3. The number of aromatic nitrogens is 2. The van der Waals surface area contributed by atoms with Crippen LogP contribution in [0.4, 0.5) is 6.01 Å². The molecule has 1 aliphatic carbocycles. The molecule has 106 valence electrons. The zero-order valence-electron chi connectivity index (χ0n) is 11.6. The fourth-order valence-electron chi connectivity index (χ4n) is 3.61. The predicted molar refractivity (Wildman–Crippen MR) is 72.0 cm³/mol. The monoisotopic (exact) mass is 265 g/mol. The van der Waals surface area contributed by atoms with Gasteiger partial charge in [0.05, 0.1) is 6.10 Å². The minimum atomic E-state index is -0.159. The molecule has 0 radical (unpaired) electrons. The smallest absolute Gasteiger partial charge is 0.318 e. The van der Waals surface area contributed by atoms with E-state index in [0.717, 1.165) is 63.9 Å². The fraction of sp³-hybridized carbons (Fsp3) is 0.857. The molecule has 0 aromatic carbocycles. The lowest BCUT2D eigenvalue weighted by Crippen LogP contribution is -2.47. The first kappa shape index (κ1) is 12.9. The van der Waals surface area contributed by atoms with E-state index in [1.807, 2.05) is 0 Å². The molecule has 2 fully saturated rings. The summed E-state index contributed by atoms with van der Waals surface area (Å²) < 4.78 is 5.72. The molecule has 1 aromatic rings. The SMILES string of the molecule is CCCc1nnc(N2CCC[C@]3(CCC[C@H]3O)C2)o1. The van der Waals surface area contributed by atoms with Gasteiger partial charge in [-0.05, 0) is 32.1 Å². The number of aliphatic hydroxyl groups excluding tert-OH is 1. The molecule has 19 heavy (non-hydrogen) atoms. The van der Waals surface area contributed by atoms with E-state index in [9.17, 15) is 5.11 Å². The van der Waals surface area contributed by atoms with Gasteiger partial charge in [0.25, 0.3) is 0 Å². The summed E-state index contributed by atoms with van der Waals surface area (Å²) in [6.07, 6.45) is 7.13. The van der Waals surface area contributed by atoms with Crippen molar-refractivity contribution < 1.29 is 9.52 Å². The Morgan fingerprint density at radius 3 is 2.95 bits per heavy atom. The highest BCUT2D eigenvalue weighted by atomic mass is 16.4. The molecule has 1 saturated heterocycles. The summed E-state index contributed by atoms with van der Waals surface area (Å²) in [4.78, 5) is 2.17. The third-order valence-electron chi connectivity index (χ3n) is 4.66. The van der Waals surface area contributed by atoms with E-state index in [0.29, 0.717) is 6.01 Å². The maximum Gasteiger partial charge on any atom is 0.318 e. The molecule has 0 bridgehead atoms. The summed E-state index contributed by atoms with van der Waals surface area (Å²) in [5, 5.41) is 18.5. The largest absolute Gasteiger partial charge is 0.408 e. The third kappa shape index (κ3) is 2.36. The van der Waals surface area contributed by atoms with Crippen molar-refractivity contribution >= 4 is 6.01 Å². The van der Waals surface area contributed by atoms with Crippen LogP contribution in [0, 0.1) is 5.41 Å². The maximum absolute atomic E-state index is 10.3. The first-order valence-corrected chi connectivity index (χ1v) is 7.49. The van der Waals surface area contributed by atoms with E-state index < -0.39 is 0 Å². The Hall–Kier alpha value is -1.10. The lowest BCUT2D eigenvalue weighted by molar-refractivity contribution is 0.0398. The van der Waals surface area contributed by atoms with E-state index in [2.05, 4.69) is 22.0 Å². The number of aryl methyl sites for hydroxylation is 1. The minimum absolute atomic E-state index is 0.0671. The molecule has 2 heterocycles. The number of piperidine rings is 1. The Bertz CT molecular complexity index is 434. The Labute approximate surface area is 114 Å². The molecule has 1 N–H and O–H groups in total. The van der Waals surface area contributed by atoms with Crippen molar-refractivity contribution in [3.63, 3.8) is 0 Å². The van der Waals surface area contributed by atoms with Crippen LogP contribution in [0.2, 0.25) is 0 Å². The highest BCUT2D eigenvalue weighted by Crippen LogP contribution is 2.45. The van der Waals surface area contributed by atoms with Gasteiger partial charge in [-0.1, -0.05) is 18.4 Å². The molecule has 1 saturated carbocycles. The predicted octanol–water partition coefficient (Wildman–Crippen LogP) is 2.15. The molecule has 3 rings (SSSR count). The van der Waals surface area contributed by atoms with Crippen LogP contribution in [0.1, 0.15) is 51.3 Å². The van der Waals surface area contributed by atoms with Gasteiger partial charge >= 0.3 is 6.01 Å². The van der Waals surface area contributed by atoms with Crippen LogP contribution in [0.3, 0.4) is 0 Å². The molecule has 5 nitrogen and oxygen atoms in total. The van der Waals surface area contributed by atoms with Gasteiger partial charge in [0, 0.05) is 24.9 Å². The highest BCUT2D eigenvalue weighted by Gasteiger charge is 2.45. The first-order chi connectivity index (χ1) is 9.23. The first-order valence-electron chi connectivity index (χ1n) is 7.49. The molecule has 5 heteroatoms. The third-order valence-corrected chi connectivity index (χ3v) is 4.66. The van der Waals surface area contributed by atoms with Crippen molar-refractivity contribution in [2.24, 2.45) is 5.41 Å². The van der Waals surface area contributed by atoms with Crippen LogP contribution in [0.25, 0.3) is 0 Å². The van der Waals surface area contributed by atoms with E-state index in [4.69, 9.17) is 4.42 Å². The molecule has 0 unspecified atom stereocenters. The van der Waals surface area contributed by atoms with Gasteiger partial charge in [0.1, 0.15) is 0 Å². The minimum Gasteiger partial charge on any atom is -0.408 e. The zero-order valence-corrected chi connectivity index (χ0v) is 11.6. The number of rotatable bonds is 3. The van der Waals surface area contributed by atoms with E-state index >= 15 is 0 Å². The Balaban J connectivity index is 1.73. The molecule has 1 aromatic heterocycles. The average molecular weight is 265 g/mol. The number of nitrogens with zero attached hydrogens (tertiary/aromatic N) is 3. The van der Waals surface area contributed by atoms with Gasteiger partial charge < -0.3 is 14.4 Å². The lowest BCUT2D eigenvalue weighted by atomic mass is 9.77. The Morgan fingerprint density at radius 1 is 1.37 bits per heavy atom. The highest BCUT2D eigenvalue weighted by molar-refractivity contribution is 5.27. The van der Waals surface area contributed by atoms with E-state index in [-0.39, 0.29) is 11.5 Å². The number of aliphatic hydroxyl groups is 1. The molecule has 1 aliphatic heterocycles. The van der Waals surface area contributed by atoms with Crippen LogP contribution in [-0.2, 0) is 6.42 Å². The molecular formula is C14H23N3O2. The second kappa shape index (κ2) is 5.12. The van der Waals surface area contributed by atoms with Crippen molar-refractivity contribution in [2.75, 3.05) is 18.0 Å². The fourth-order valence-corrected chi connectivity index (χ4v) is 3.61. The summed E-state index contributed by atoms with van der Waals surface area (Å²) in [6.45, 7) is 3.93. The summed E-state index contributed by atoms with van der Waals surface area (Å²) in [7, 11) is 0. The molecule has 2 atom stereocenters.